The Morgan fingerprint density at radius 2 is 2.00 bits per heavy atom. The summed E-state index contributed by atoms with van der Waals surface area (Å²) in [6.07, 6.45) is -2.81. The van der Waals surface area contributed by atoms with Crippen molar-refractivity contribution in [3.05, 3.63) is 23.8 Å². The van der Waals surface area contributed by atoms with Crippen molar-refractivity contribution < 1.29 is 18.3 Å². The molecule has 0 aliphatic carbocycles. The van der Waals surface area contributed by atoms with Gasteiger partial charge in [-0.2, -0.15) is 13.2 Å². The number of nitrogens with zero attached hydrogens (tertiary/aromatic N) is 2. The zero-order chi connectivity index (χ0) is 9.19. The number of aliphatic hydroxyl groups is 1. The summed E-state index contributed by atoms with van der Waals surface area (Å²) < 4.78 is 35.8. The maximum Gasteiger partial charge on any atom is 0.434 e. The molecule has 0 unspecified atom stereocenters. The molecule has 1 aromatic heterocycles. The molecule has 0 saturated heterocycles. The van der Waals surface area contributed by atoms with E-state index >= 15 is 0 Å². The average molecular weight is 178 g/mol. The Morgan fingerprint density at radius 1 is 1.33 bits per heavy atom. The third kappa shape index (κ3) is 1.91. The standard InChI is InChI=1S/C6H5F3N2O/c7-6(8,9)5-2-10-1-4(3-12)11-5/h1-2,12H,3H2. The van der Waals surface area contributed by atoms with E-state index in [1.165, 1.54) is 0 Å². The smallest absolute Gasteiger partial charge is 0.390 e. The molecule has 1 rings (SSSR count). The number of alkyl halides is 3. The summed E-state index contributed by atoms with van der Waals surface area (Å²) in [4.78, 5) is 6.40. The van der Waals surface area contributed by atoms with Gasteiger partial charge >= 0.3 is 6.18 Å². The first kappa shape index (κ1) is 8.92. The van der Waals surface area contributed by atoms with Crippen LogP contribution in [0.5, 0.6) is 0 Å². The summed E-state index contributed by atoms with van der Waals surface area (Å²) in [6.45, 7) is -0.545. The fourth-order valence-electron chi connectivity index (χ4n) is 0.619. The Bertz CT molecular complexity index is 274. The van der Waals surface area contributed by atoms with Crippen molar-refractivity contribution in [3.63, 3.8) is 0 Å². The zero-order valence-corrected chi connectivity index (χ0v) is 5.84. The molecule has 0 spiro atoms. The van der Waals surface area contributed by atoms with Gasteiger partial charge in [-0.15, -0.1) is 0 Å². The van der Waals surface area contributed by atoms with Crippen LogP contribution in [0.4, 0.5) is 13.2 Å². The van der Waals surface area contributed by atoms with Gasteiger partial charge in [0.25, 0.3) is 0 Å². The van der Waals surface area contributed by atoms with Crippen LogP contribution in [0.25, 0.3) is 0 Å². The lowest BCUT2D eigenvalue weighted by Crippen LogP contribution is -2.10. The minimum Gasteiger partial charge on any atom is -0.390 e. The van der Waals surface area contributed by atoms with Crippen LogP contribution in [0.2, 0.25) is 0 Å². The van der Waals surface area contributed by atoms with Gasteiger partial charge in [0.1, 0.15) is 0 Å². The summed E-state index contributed by atoms with van der Waals surface area (Å²) in [7, 11) is 0. The Balaban J connectivity index is 3.02. The predicted molar refractivity (Wildman–Crippen MR) is 33.0 cm³/mol. The van der Waals surface area contributed by atoms with E-state index in [1.807, 2.05) is 0 Å². The first-order valence-corrected chi connectivity index (χ1v) is 3.03. The molecular weight excluding hydrogens is 173 g/mol. The van der Waals surface area contributed by atoms with E-state index in [2.05, 4.69) is 9.97 Å². The summed E-state index contributed by atoms with van der Waals surface area (Å²) in [6, 6.07) is 0. The average Bonchev–Trinajstić information content (AvgIpc) is 2.03. The van der Waals surface area contributed by atoms with Crippen LogP contribution in [0.3, 0.4) is 0 Å². The molecule has 3 nitrogen and oxygen atoms in total. The van der Waals surface area contributed by atoms with Crippen molar-refractivity contribution in [3.8, 4) is 0 Å². The van der Waals surface area contributed by atoms with E-state index in [4.69, 9.17) is 5.11 Å². The summed E-state index contributed by atoms with van der Waals surface area (Å²) in [5, 5.41) is 8.46. The summed E-state index contributed by atoms with van der Waals surface area (Å²) in [5.41, 5.74) is -1.18. The number of aliphatic hydroxyl groups excluding tert-OH is 1. The van der Waals surface area contributed by atoms with Crippen LogP contribution in [0.1, 0.15) is 11.4 Å². The number of halogens is 3. The predicted octanol–water partition coefficient (Wildman–Crippen LogP) is 0.988. The molecule has 0 saturated carbocycles. The molecule has 0 aromatic carbocycles. The minimum atomic E-state index is -4.50. The molecule has 0 fully saturated rings. The quantitative estimate of drug-likeness (QED) is 0.697. The highest BCUT2D eigenvalue weighted by Crippen LogP contribution is 2.26. The first-order chi connectivity index (χ1) is 5.54. The van der Waals surface area contributed by atoms with E-state index in [1.54, 1.807) is 0 Å². The lowest BCUT2D eigenvalue weighted by Gasteiger charge is -2.04. The van der Waals surface area contributed by atoms with Gasteiger partial charge < -0.3 is 5.11 Å². The number of aromatic nitrogens is 2. The molecule has 66 valence electrons. The molecule has 0 aliphatic rings. The lowest BCUT2D eigenvalue weighted by atomic mass is 10.4. The zero-order valence-electron chi connectivity index (χ0n) is 5.84. The van der Waals surface area contributed by atoms with Crippen LogP contribution >= 0.6 is 0 Å². The van der Waals surface area contributed by atoms with Crippen LogP contribution in [-0.4, -0.2) is 15.1 Å². The van der Waals surface area contributed by atoms with Crippen molar-refractivity contribution in [1.29, 1.82) is 0 Å². The molecule has 0 atom stereocenters. The van der Waals surface area contributed by atoms with Gasteiger partial charge in [0.15, 0.2) is 5.69 Å². The molecule has 0 radical (unpaired) electrons. The normalized spacial score (nSPS) is 11.7. The Hall–Kier alpha value is -1.17. The van der Waals surface area contributed by atoms with Gasteiger partial charge in [-0.1, -0.05) is 0 Å². The second-order valence-electron chi connectivity index (χ2n) is 2.05. The molecule has 1 N–H and O–H groups in total. The molecule has 0 amide bonds. The minimum absolute atomic E-state index is 0.0928. The Kier molecular flexibility index (Phi) is 2.27. The third-order valence-electron chi connectivity index (χ3n) is 1.14. The number of rotatable bonds is 1. The van der Waals surface area contributed by atoms with Crippen LogP contribution in [-0.2, 0) is 12.8 Å². The maximum atomic E-state index is 11.9. The highest BCUT2D eigenvalue weighted by Gasteiger charge is 2.32. The Labute approximate surface area is 65.9 Å². The topological polar surface area (TPSA) is 46.0 Å². The molecule has 0 bridgehead atoms. The van der Waals surface area contributed by atoms with Crippen molar-refractivity contribution >= 4 is 0 Å². The van der Waals surface area contributed by atoms with E-state index in [-0.39, 0.29) is 5.69 Å². The lowest BCUT2D eigenvalue weighted by molar-refractivity contribution is -0.141. The Morgan fingerprint density at radius 3 is 2.50 bits per heavy atom. The molecule has 1 heterocycles. The molecule has 1 aromatic rings. The SMILES string of the molecule is OCc1cncc(C(F)(F)F)n1. The van der Waals surface area contributed by atoms with Crippen LogP contribution < -0.4 is 0 Å². The van der Waals surface area contributed by atoms with Gasteiger partial charge in [0.05, 0.1) is 24.7 Å². The van der Waals surface area contributed by atoms with Crippen molar-refractivity contribution in [2.75, 3.05) is 0 Å². The third-order valence-corrected chi connectivity index (χ3v) is 1.14. The van der Waals surface area contributed by atoms with E-state index in [0.717, 1.165) is 6.20 Å². The monoisotopic (exact) mass is 178 g/mol. The van der Waals surface area contributed by atoms with Crippen molar-refractivity contribution in [2.45, 2.75) is 12.8 Å². The van der Waals surface area contributed by atoms with Gasteiger partial charge in [-0.3, -0.25) is 4.98 Å². The largest absolute Gasteiger partial charge is 0.434 e. The van der Waals surface area contributed by atoms with Crippen LogP contribution in [0, 0.1) is 0 Å². The molecule has 12 heavy (non-hydrogen) atoms. The van der Waals surface area contributed by atoms with E-state index < -0.39 is 18.5 Å². The molecular formula is C6H5F3N2O. The first-order valence-electron chi connectivity index (χ1n) is 3.03. The maximum absolute atomic E-state index is 11.9. The fourth-order valence-corrected chi connectivity index (χ4v) is 0.619. The summed E-state index contributed by atoms with van der Waals surface area (Å²) in [5.74, 6) is 0. The highest BCUT2D eigenvalue weighted by atomic mass is 19.4. The highest BCUT2D eigenvalue weighted by molar-refractivity contribution is 5.05. The van der Waals surface area contributed by atoms with Gasteiger partial charge in [-0.05, 0) is 0 Å². The fraction of sp³-hybridized carbons (Fsp3) is 0.333. The van der Waals surface area contributed by atoms with Crippen molar-refractivity contribution in [1.82, 2.24) is 9.97 Å². The van der Waals surface area contributed by atoms with E-state index in [0.29, 0.717) is 6.20 Å². The summed E-state index contributed by atoms with van der Waals surface area (Å²) >= 11 is 0. The van der Waals surface area contributed by atoms with Crippen LogP contribution in [0.15, 0.2) is 12.4 Å². The number of hydrogen-bond donors (Lipinski definition) is 1. The van der Waals surface area contributed by atoms with Crippen molar-refractivity contribution in [2.24, 2.45) is 0 Å². The van der Waals surface area contributed by atoms with E-state index in [9.17, 15) is 13.2 Å². The second-order valence-corrected chi connectivity index (χ2v) is 2.05. The van der Waals surface area contributed by atoms with Gasteiger partial charge in [0, 0.05) is 0 Å². The molecule has 0 aliphatic heterocycles. The van der Waals surface area contributed by atoms with Gasteiger partial charge in [0.2, 0.25) is 0 Å². The van der Waals surface area contributed by atoms with Gasteiger partial charge in [-0.25, -0.2) is 4.98 Å². The molecule has 6 heteroatoms. The number of hydrogen-bond acceptors (Lipinski definition) is 3. The second kappa shape index (κ2) is 3.06.